The van der Waals surface area contributed by atoms with Crippen molar-refractivity contribution in [1.82, 2.24) is 10.1 Å². The second-order valence-electron chi connectivity index (χ2n) is 5.09. The average molecular weight is 239 g/mol. The minimum absolute atomic E-state index is 0.110. The molecule has 0 amide bonds. The van der Waals surface area contributed by atoms with E-state index in [4.69, 9.17) is 15.0 Å². The molecular formula is C12H21N3O2. The Labute approximate surface area is 102 Å². The van der Waals surface area contributed by atoms with Gasteiger partial charge in [0, 0.05) is 6.61 Å². The van der Waals surface area contributed by atoms with Crippen molar-refractivity contribution in [2.24, 2.45) is 11.7 Å². The number of aromatic nitrogens is 2. The van der Waals surface area contributed by atoms with Crippen LogP contribution >= 0.6 is 0 Å². The maximum atomic E-state index is 6.15. The monoisotopic (exact) mass is 239 g/mol. The van der Waals surface area contributed by atoms with E-state index in [1.54, 1.807) is 0 Å². The maximum Gasteiger partial charge on any atom is 0.246 e. The van der Waals surface area contributed by atoms with Gasteiger partial charge in [-0.3, -0.25) is 0 Å². The molecule has 0 spiro atoms. The van der Waals surface area contributed by atoms with Gasteiger partial charge in [-0.15, -0.1) is 0 Å². The summed E-state index contributed by atoms with van der Waals surface area (Å²) in [5.41, 5.74) is 5.76. The molecule has 0 saturated heterocycles. The molecule has 1 fully saturated rings. The van der Waals surface area contributed by atoms with Crippen LogP contribution in [0.2, 0.25) is 0 Å². The third kappa shape index (κ3) is 2.35. The molecule has 17 heavy (non-hydrogen) atoms. The van der Waals surface area contributed by atoms with E-state index in [-0.39, 0.29) is 11.6 Å². The molecule has 5 nitrogen and oxygen atoms in total. The normalized spacial score (nSPS) is 20.3. The highest BCUT2D eigenvalue weighted by molar-refractivity contribution is 5.08. The van der Waals surface area contributed by atoms with Crippen molar-refractivity contribution in [3.63, 3.8) is 0 Å². The predicted molar refractivity (Wildman–Crippen MR) is 63.2 cm³/mol. The first-order chi connectivity index (χ1) is 8.07. The summed E-state index contributed by atoms with van der Waals surface area (Å²) in [6, 6.07) is 0. The van der Waals surface area contributed by atoms with Gasteiger partial charge in [-0.2, -0.15) is 4.98 Å². The zero-order valence-corrected chi connectivity index (χ0v) is 10.8. The molecule has 5 heteroatoms. The summed E-state index contributed by atoms with van der Waals surface area (Å²) in [5, 5.41) is 4.01. The lowest BCUT2D eigenvalue weighted by Gasteiger charge is -2.33. The Morgan fingerprint density at radius 1 is 1.47 bits per heavy atom. The Kier molecular flexibility index (Phi) is 3.49. The fourth-order valence-electron chi connectivity index (χ4n) is 2.07. The molecule has 1 atom stereocenters. The van der Waals surface area contributed by atoms with Gasteiger partial charge in [0.1, 0.15) is 6.10 Å². The summed E-state index contributed by atoms with van der Waals surface area (Å²) in [6.45, 7) is 6.77. The van der Waals surface area contributed by atoms with E-state index in [1.807, 2.05) is 6.92 Å². The lowest BCUT2D eigenvalue weighted by Crippen LogP contribution is -2.43. The van der Waals surface area contributed by atoms with E-state index in [0.29, 0.717) is 24.2 Å². The molecule has 1 saturated carbocycles. The van der Waals surface area contributed by atoms with Gasteiger partial charge in [-0.05, 0) is 32.1 Å². The first-order valence-corrected chi connectivity index (χ1v) is 6.31. The van der Waals surface area contributed by atoms with Crippen molar-refractivity contribution >= 4 is 0 Å². The van der Waals surface area contributed by atoms with E-state index in [2.05, 4.69) is 24.0 Å². The van der Waals surface area contributed by atoms with Crippen molar-refractivity contribution in [3.05, 3.63) is 11.7 Å². The number of nitrogens with zero attached hydrogens (tertiary/aromatic N) is 2. The van der Waals surface area contributed by atoms with Crippen LogP contribution in [0.1, 0.15) is 57.9 Å². The zero-order chi connectivity index (χ0) is 12.5. The molecule has 1 aliphatic carbocycles. The van der Waals surface area contributed by atoms with Crippen LogP contribution in [0.4, 0.5) is 0 Å². The quantitative estimate of drug-likeness (QED) is 0.852. The molecule has 0 aliphatic heterocycles. The van der Waals surface area contributed by atoms with Gasteiger partial charge in [0.15, 0.2) is 0 Å². The molecule has 96 valence electrons. The molecular weight excluding hydrogens is 218 g/mol. The third-order valence-corrected chi connectivity index (χ3v) is 3.32. The summed E-state index contributed by atoms with van der Waals surface area (Å²) in [6.07, 6.45) is 2.87. The largest absolute Gasteiger partial charge is 0.370 e. The summed E-state index contributed by atoms with van der Waals surface area (Å²) < 4.78 is 10.9. The minimum Gasteiger partial charge on any atom is -0.370 e. The summed E-state index contributed by atoms with van der Waals surface area (Å²) >= 11 is 0. The van der Waals surface area contributed by atoms with Crippen molar-refractivity contribution in [1.29, 1.82) is 0 Å². The fraction of sp³-hybridized carbons (Fsp3) is 0.833. The van der Waals surface area contributed by atoms with E-state index in [1.165, 1.54) is 0 Å². The second-order valence-corrected chi connectivity index (χ2v) is 5.09. The highest BCUT2D eigenvalue weighted by Gasteiger charge is 2.40. The lowest BCUT2D eigenvalue weighted by atomic mass is 9.78. The molecule has 1 aliphatic rings. The summed E-state index contributed by atoms with van der Waals surface area (Å²) in [4.78, 5) is 4.42. The van der Waals surface area contributed by atoms with Crippen LogP contribution in [0.3, 0.4) is 0 Å². The van der Waals surface area contributed by atoms with Crippen LogP contribution in [0, 0.1) is 5.92 Å². The van der Waals surface area contributed by atoms with Gasteiger partial charge >= 0.3 is 0 Å². The second kappa shape index (κ2) is 4.74. The molecule has 0 radical (unpaired) electrons. The highest BCUT2D eigenvalue weighted by Crippen LogP contribution is 2.38. The number of hydrogen-bond donors (Lipinski definition) is 1. The zero-order valence-electron chi connectivity index (χ0n) is 10.8. The van der Waals surface area contributed by atoms with Crippen LogP contribution < -0.4 is 5.73 Å². The SMILES string of the molecule is CCOC(c1noc(C2(N)CCC2)n1)C(C)C. The van der Waals surface area contributed by atoms with E-state index in [0.717, 1.165) is 19.3 Å². The van der Waals surface area contributed by atoms with E-state index < -0.39 is 0 Å². The lowest BCUT2D eigenvalue weighted by molar-refractivity contribution is 0.0217. The van der Waals surface area contributed by atoms with Crippen LogP contribution in [0.5, 0.6) is 0 Å². The van der Waals surface area contributed by atoms with Crippen LogP contribution in [0.25, 0.3) is 0 Å². The van der Waals surface area contributed by atoms with Gasteiger partial charge in [0.2, 0.25) is 11.7 Å². The maximum absolute atomic E-state index is 6.15. The molecule has 0 bridgehead atoms. The molecule has 1 aromatic rings. The van der Waals surface area contributed by atoms with Crippen molar-refractivity contribution in [2.75, 3.05) is 6.61 Å². The molecule has 2 N–H and O–H groups in total. The standard InChI is InChI=1S/C12H21N3O2/c1-4-16-9(8(2)3)10-14-11(17-15-10)12(13)6-5-7-12/h8-9H,4-7,13H2,1-3H3. The fourth-order valence-corrected chi connectivity index (χ4v) is 2.07. The highest BCUT2D eigenvalue weighted by atomic mass is 16.5. The number of rotatable bonds is 5. The van der Waals surface area contributed by atoms with Crippen molar-refractivity contribution < 1.29 is 9.26 Å². The molecule has 1 unspecified atom stereocenters. The predicted octanol–water partition coefficient (Wildman–Crippen LogP) is 2.14. The van der Waals surface area contributed by atoms with Crippen LogP contribution in [-0.2, 0) is 10.3 Å². The number of ether oxygens (including phenoxy) is 1. The van der Waals surface area contributed by atoms with Crippen LogP contribution in [-0.4, -0.2) is 16.7 Å². The van der Waals surface area contributed by atoms with Crippen LogP contribution in [0.15, 0.2) is 4.52 Å². The Morgan fingerprint density at radius 3 is 2.65 bits per heavy atom. The number of nitrogens with two attached hydrogens (primary N) is 1. The van der Waals surface area contributed by atoms with Gasteiger partial charge in [0.25, 0.3) is 0 Å². The van der Waals surface area contributed by atoms with Crippen molar-refractivity contribution in [2.45, 2.75) is 51.7 Å². The number of hydrogen-bond acceptors (Lipinski definition) is 5. The molecule has 0 aromatic carbocycles. The Hall–Kier alpha value is -0.940. The minimum atomic E-state index is -0.390. The molecule has 1 aromatic heterocycles. The Bertz CT molecular complexity index is 372. The van der Waals surface area contributed by atoms with Gasteiger partial charge in [-0.25, -0.2) is 0 Å². The van der Waals surface area contributed by atoms with E-state index in [9.17, 15) is 0 Å². The van der Waals surface area contributed by atoms with Gasteiger partial charge in [0.05, 0.1) is 5.54 Å². The third-order valence-electron chi connectivity index (χ3n) is 3.32. The first-order valence-electron chi connectivity index (χ1n) is 6.31. The summed E-state index contributed by atoms with van der Waals surface area (Å²) in [5.74, 6) is 1.49. The smallest absolute Gasteiger partial charge is 0.246 e. The topological polar surface area (TPSA) is 74.2 Å². The Morgan fingerprint density at radius 2 is 2.18 bits per heavy atom. The summed E-state index contributed by atoms with van der Waals surface area (Å²) in [7, 11) is 0. The van der Waals surface area contributed by atoms with Crippen molar-refractivity contribution in [3.8, 4) is 0 Å². The van der Waals surface area contributed by atoms with E-state index >= 15 is 0 Å². The average Bonchev–Trinajstić information content (AvgIpc) is 2.71. The Balaban J connectivity index is 2.15. The molecule has 1 heterocycles. The van der Waals surface area contributed by atoms with Gasteiger partial charge < -0.3 is 15.0 Å². The molecule has 2 rings (SSSR count). The van der Waals surface area contributed by atoms with Gasteiger partial charge in [-0.1, -0.05) is 19.0 Å². The first kappa shape index (κ1) is 12.5.